The van der Waals surface area contributed by atoms with E-state index in [2.05, 4.69) is 41.4 Å². The molecule has 1 aromatic carbocycles. The summed E-state index contributed by atoms with van der Waals surface area (Å²) in [7, 11) is 1.76. The summed E-state index contributed by atoms with van der Waals surface area (Å²) in [4.78, 5) is 2.47. The van der Waals surface area contributed by atoms with E-state index in [0.717, 1.165) is 19.7 Å². The molecule has 1 saturated heterocycles. The maximum absolute atomic E-state index is 5.13. The first-order valence-electron chi connectivity index (χ1n) is 7.33. The van der Waals surface area contributed by atoms with Crippen LogP contribution in [0.25, 0.3) is 0 Å². The lowest BCUT2D eigenvalue weighted by molar-refractivity contribution is 0.158. The first-order chi connectivity index (χ1) is 9.29. The van der Waals surface area contributed by atoms with Gasteiger partial charge in [-0.15, -0.1) is 0 Å². The van der Waals surface area contributed by atoms with E-state index in [-0.39, 0.29) is 0 Å². The van der Waals surface area contributed by atoms with Crippen molar-refractivity contribution in [2.75, 3.05) is 38.3 Å². The number of nitrogens with zero attached hydrogens (tertiary/aromatic N) is 1. The number of benzene rings is 1. The van der Waals surface area contributed by atoms with Gasteiger partial charge in [0.25, 0.3) is 0 Å². The number of hydrogen-bond acceptors (Lipinski definition) is 3. The van der Waals surface area contributed by atoms with E-state index in [1.165, 1.54) is 37.2 Å². The molecule has 0 spiro atoms. The summed E-state index contributed by atoms with van der Waals surface area (Å²) in [6.45, 7) is 7.39. The topological polar surface area (TPSA) is 24.5 Å². The summed E-state index contributed by atoms with van der Waals surface area (Å²) in [6.07, 6.45) is 2.67. The predicted octanol–water partition coefficient (Wildman–Crippen LogP) is 2.66. The van der Waals surface area contributed by atoms with Crippen molar-refractivity contribution < 1.29 is 4.74 Å². The van der Waals surface area contributed by atoms with E-state index in [1.807, 2.05) is 0 Å². The third kappa shape index (κ3) is 4.51. The zero-order valence-corrected chi connectivity index (χ0v) is 12.2. The van der Waals surface area contributed by atoms with Crippen molar-refractivity contribution in [3.8, 4) is 0 Å². The minimum Gasteiger partial charge on any atom is -0.384 e. The summed E-state index contributed by atoms with van der Waals surface area (Å²) in [5, 5.41) is 3.48. The van der Waals surface area contributed by atoms with Gasteiger partial charge in [-0.3, -0.25) is 0 Å². The van der Waals surface area contributed by atoms with Gasteiger partial charge in [0.1, 0.15) is 0 Å². The van der Waals surface area contributed by atoms with Gasteiger partial charge >= 0.3 is 0 Å². The molecule has 2 rings (SSSR count). The van der Waals surface area contributed by atoms with Gasteiger partial charge in [-0.2, -0.15) is 0 Å². The van der Waals surface area contributed by atoms with E-state index in [9.17, 15) is 0 Å². The van der Waals surface area contributed by atoms with Gasteiger partial charge in [0.15, 0.2) is 0 Å². The molecule has 0 saturated carbocycles. The summed E-state index contributed by atoms with van der Waals surface area (Å²) in [5.74, 6) is 0.564. The van der Waals surface area contributed by atoms with Gasteiger partial charge in [-0.1, -0.05) is 19.1 Å². The Labute approximate surface area is 116 Å². The van der Waals surface area contributed by atoms with E-state index in [1.54, 1.807) is 7.11 Å². The smallest absolute Gasteiger partial charge is 0.0499 e. The average Bonchev–Trinajstić information content (AvgIpc) is 2.94. The molecular weight excluding hydrogens is 236 g/mol. The molecule has 3 heteroatoms. The quantitative estimate of drug-likeness (QED) is 0.817. The second-order valence-electron chi connectivity index (χ2n) is 5.55. The van der Waals surface area contributed by atoms with E-state index >= 15 is 0 Å². The molecule has 19 heavy (non-hydrogen) atoms. The molecule has 106 valence electrons. The molecule has 0 aromatic heterocycles. The number of anilines is 1. The third-order valence-electron chi connectivity index (χ3n) is 3.68. The maximum Gasteiger partial charge on any atom is 0.0499 e. The van der Waals surface area contributed by atoms with Crippen LogP contribution in [0.15, 0.2) is 24.3 Å². The number of rotatable bonds is 7. The highest BCUT2D eigenvalue weighted by Gasteiger charge is 2.11. The average molecular weight is 262 g/mol. The van der Waals surface area contributed by atoms with Crippen LogP contribution in [0.1, 0.15) is 25.3 Å². The highest BCUT2D eigenvalue weighted by Crippen LogP contribution is 2.20. The minimum atomic E-state index is 0.564. The van der Waals surface area contributed by atoms with E-state index in [0.29, 0.717) is 5.92 Å². The van der Waals surface area contributed by atoms with Crippen molar-refractivity contribution in [1.29, 1.82) is 0 Å². The van der Waals surface area contributed by atoms with E-state index in [4.69, 9.17) is 4.74 Å². The highest BCUT2D eigenvalue weighted by atomic mass is 16.5. The molecule has 1 aliphatic heterocycles. The molecule has 1 atom stereocenters. The Morgan fingerprint density at radius 2 is 1.89 bits per heavy atom. The fraction of sp³-hybridized carbons (Fsp3) is 0.625. The Morgan fingerprint density at radius 1 is 1.21 bits per heavy atom. The Bertz CT molecular complexity index is 358. The Balaban J connectivity index is 1.75. The molecule has 0 amide bonds. The van der Waals surface area contributed by atoms with Gasteiger partial charge < -0.3 is 15.0 Å². The van der Waals surface area contributed by atoms with Crippen LogP contribution in [0, 0.1) is 5.92 Å². The number of nitrogens with one attached hydrogen (secondary N) is 1. The van der Waals surface area contributed by atoms with E-state index < -0.39 is 0 Å². The normalized spacial score (nSPS) is 16.8. The molecule has 0 radical (unpaired) electrons. The molecule has 1 aromatic rings. The van der Waals surface area contributed by atoms with Crippen molar-refractivity contribution in [1.82, 2.24) is 5.32 Å². The standard InChI is InChI=1S/C16H26N2O/c1-14(13-19-2)11-17-12-15-5-7-16(8-6-15)18-9-3-4-10-18/h5-8,14,17H,3-4,9-13H2,1-2H3. The van der Waals surface area contributed by atoms with Crippen LogP contribution >= 0.6 is 0 Å². The first-order valence-corrected chi connectivity index (χ1v) is 7.33. The number of hydrogen-bond donors (Lipinski definition) is 1. The first kappa shape index (κ1) is 14.4. The maximum atomic E-state index is 5.13. The Hall–Kier alpha value is -1.06. The number of methoxy groups -OCH3 is 1. The Morgan fingerprint density at radius 3 is 2.53 bits per heavy atom. The SMILES string of the molecule is COCC(C)CNCc1ccc(N2CCCC2)cc1. The lowest BCUT2D eigenvalue weighted by Crippen LogP contribution is -2.23. The molecule has 1 fully saturated rings. The molecule has 1 aliphatic rings. The molecule has 1 N–H and O–H groups in total. The fourth-order valence-electron chi connectivity index (χ4n) is 2.61. The molecule has 3 nitrogen and oxygen atoms in total. The van der Waals surface area contributed by atoms with Crippen molar-refractivity contribution in [2.45, 2.75) is 26.3 Å². The van der Waals surface area contributed by atoms with Crippen LogP contribution in [0.4, 0.5) is 5.69 Å². The van der Waals surface area contributed by atoms with Crippen molar-refractivity contribution >= 4 is 5.69 Å². The highest BCUT2D eigenvalue weighted by molar-refractivity contribution is 5.48. The second-order valence-corrected chi connectivity index (χ2v) is 5.55. The second kappa shape index (κ2) is 7.51. The largest absolute Gasteiger partial charge is 0.384 e. The van der Waals surface area contributed by atoms with Crippen LogP contribution in [-0.2, 0) is 11.3 Å². The minimum absolute atomic E-state index is 0.564. The lowest BCUT2D eigenvalue weighted by atomic mass is 10.1. The summed E-state index contributed by atoms with van der Waals surface area (Å²) >= 11 is 0. The monoisotopic (exact) mass is 262 g/mol. The fourth-order valence-corrected chi connectivity index (χ4v) is 2.61. The van der Waals surface area contributed by atoms with Gasteiger partial charge in [0.2, 0.25) is 0 Å². The van der Waals surface area contributed by atoms with Crippen molar-refractivity contribution in [3.05, 3.63) is 29.8 Å². The Kier molecular flexibility index (Phi) is 5.67. The van der Waals surface area contributed by atoms with Gasteiger partial charge in [0, 0.05) is 45.6 Å². The molecule has 1 unspecified atom stereocenters. The number of ether oxygens (including phenoxy) is 1. The zero-order chi connectivity index (χ0) is 13.5. The van der Waals surface area contributed by atoms with Gasteiger partial charge in [-0.05, 0) is 36.5 Å². The van der Waals surface area contributed by atoms with Crippen LogP contribution < -0.4 is 10.2 Å². The van der Waals surface area contributed by atoms with Crippen molar-refractivity contribution in [2.24, 2.45) is 5.92 Å². The van der Waals surface area contributed by atoms with Gasteiger partial charge in [-0.25, -0.2) is 0 Å². The van der Waals surface area contributed by atoms with Gasteiger partial charge in [0.05, 0.1) is 0 Å². The zero-order valence-electron chi connectivity index (χ0n) is 12.2. The summed E-state index contributed by atoms with van der Waals surface area (Å²) in [5.41, 5.74) is 2.72. The van der Waals surface area contributed by atoms with Crippen LogP contribution in [-0.4, -0.2) is 33.4 Å². The van der Waals surface area contributed by atoms with Crippen LogP contribution in [0.3, 0.4) is 0 Å². The molecule has 0 aliphatic carbocycles. The van der Waals surface area contributed by atoms with Crippen molar-refractivity contribution in [3.63, 3.8) is 0 Å². The molecule has 0 bridgehead atoms. The van der Waals surface area contributed by atoms with Crippen LogP contribution in [0.2, 0.25) is 0 Å². The lowest BCUT2D eigenvalue weighted by Gasteiger charge is -2.18. The molecule has 1 heterocycles. The predicted molar refractivity (Wildman–Crippen MR) is 80.6 cm³/mol. The third-order valence-corrected chi connectivity index (χ3v) is 3.68. The molecular formula is C16H26N2O. The summed E-state index contributed by atoms with van der Waals surface area (Å²) < 4.78 is 5.13. The van der Waals surface area contributed by atoms with Crippen LogP contribution in [0.5, 0.6) is 0 Å². The summed E-state index contributed by atoms with van der Waals surface area (Å²) in [6, 6.07) is 8.98.